The molecule has 11 heteroatoms. The number of benzene rings is 1. The maximum Gasteiger partial charge on any atom is 0.433 e. The van der Waals surface area contributed by atoms with E-state index >= 15 is 0 Å². The molecule has 2 heterocycles. The van der Waals surface area contributed by atoms with E-state index in [1.165, 1.54) is 5.56 Å². The molecule has 1 aliphatic rings. The minimum Gasteiger partial charge on any atom is -0.355 e. The molecule has 0 spiro atoms. The van der Waals surface area contributed by atoms with Crippen LogP contribution in [0.25, 0.3) is 0 Å². The maximum atomic E-state index is 12.7. The monoisotopic (exact) mass is 563 g/mol. The molecule has 0 bridgehead atoms. The molecule has 1 atom stereocenters. The Morgan fingerprint density at radius 3 is 2.69 bits per heavy atom. The molecule has 32 heavy (non-hydrogen) atoms. The lowest BCUT2D eigenvalue weighted by Crippen LogP contribution is -2.51. The normalized spacial score (nSPS) is 17.4. The molecule has 1 aromatic heterocycles. The zero-order valence-corrected chi connectivity index (χ0v) is 20.2. The number of rotatable bonds is 7. The van der Waals surface area contributed by atoms with Crippen molar-refractivity contribution < 1.29 is 13.2 Å². The molecule has 1 saturated heterocycles. The van der Waals surface area contributed by atoms with E-state index in [1.54, 1.807) is 7.05 Å². The van der Waals surface area contributed by atoms with Crippen LogP contribution in [0, 0.1) is 0 Å². The van der Waals surface area contributed by atoms with Crippen molar-refractivity contribution in [2.24, 2.45) is 4.99 Å². The highest BCUT2D eigenvalue weighted by Crippen LogP contribution is 2.27. The topological polar surface area (TPSA) is 77.5 Å². The molecule has 1 aromatic carbocycles. The minimum atomic E-state index is -4.49. The number of halogens is 4. The predicted octanol–water partition coefficient (Wildman–Crippen LogP) is 3.35. The molecule has 0 saturated carbocycles. The SMILES string of the molecule is CN=C(NCCNc1nccc(C(F)(F)F)n1)NC1CCCN(Cc2ccccc2)C1.I. The van der Waals surface area contributed by atoms with E-state index in [4.69, 9.17) is 0 Å². The molecule has 3 N–H and O–H groups in total. The standard InChI is InChI=1S/C21H28F3N7.HI/c1-25-19(27-11-12-28-20-26-10-9-18(30-20)21(22,23)24)29-17-8-5-13-31(15-17)14-16-6-3-2-4-7-16;/h2-4,6-7,9-10,17H,5,8,11-15H2,1H3,(H2,25,27,29)(H,26,28,30);1H. The van der Waals surface area contributed by atoms with Gasteiger partial charge in [0, 0.05) is 45.5 Å². The Bertz CT molecular complexity index is 849. The number of piperidine rings is 1. The second-order valence-electron chi connectivity index (χ2n) is 7.39. The lowest BCUT2D eigenvalue weighted by molar-refractivity contribution is -0.141. The van der Waals surface area contributed by atoms with Crippen LogP contribution in [0.3, 0.4) is 0 Å². The Kier molecular flexibility index (Phi) is 10.4. The van der Waals surface area contributed by atoms with E-state index < -0.39 is 11.9 Å². The second kappa shape index (κ2) is 12.8. The van der Waals surface area contributed by atoms with Crippen LogP contribution < -0.4 is 16.0 Å². The summed E-state index contributed by atoms with van der Waals surface area (Å²) < 4.78 is 38.2. The van der Waals surface area contributed by atoms with Crippen LogP contribution >= 0.6 is 24.0 Å². The molecule has 1 unspecified atom stereocenters. The van der Waals surface area contributed by atoms with Crippen molar-refractivity contribution in [3.05, 3.63) is 53.9 Å². The van der Waals surface area contributed by atoms with Crippen LogP contribution in [0.2, 0.25) is 0 Å². The largest absolute Gasteiger partial charge is 0.433 e. The van der Waals surface area contributed by atoms with Gasteiger partial charge in [-0.3, -0.25) is 9.89 Å². The van der Waals surface area contributed by atoms with Gasteiger partial charge in [0.2, 0.25) is 5.95 Å². The number of hydrogen-bond donors (Lipinski definition) is 3. The number of aromatic nitrogens is 2. The van der Waals surface area contributed by atoms with Crippen LogP contribution in [-0.2, 0) is 12.7 Å². The molecule has 1 fully saturated rings. The van der Waals surface area contributed by atoms with Crippen molar-refractivity contribution in [1.82, 2.24) is 25.5 Å². The van der Waals surface area contributed by atoms with Crippen LogP contribution in [-0.4, -0.2) is 60.1 Å². The van der Waals surface area contributed by atoms with Crippen molar-refractivity contribution in [2.75, 3.05) is 38.5 Å². The Hall–Kier alpha value is -2.15. The first-order valence-electron chi connectivity index (χ1n) is 10.3. The highest BCUT2D eigenvalue weighted by atomic mass is 127. The van der Waals surface area contributed by atoms with Crippen LogP contribution in [0.1, 0.15) is 24.1 Å². The summed E-state index contributed by atoms with van der Waals surface area (Å²) in [6, 6.07) is 11.5. The summed E-state index contributed by atoms with van der Waals surface area (Å²) in [5, 5.41) is 9.41. The van der Waals surface area contributed by atoms with Crippen molar-refractivity contribution >= 4 is 35.9 Å². The first kappa shape index (κ1) is 26.1. The summed E-state index contributed by atoms with van der Waals surface area (Å²) in [5.41, 5.74) is 0.335. The molecule has 7 nitrogen and oxygen atoms in total. The van der Waals surface area contributed by atoms with Crippen molar-refractivity contribution in [1.29, 1.82) is 0 Å². The van der Waals surface area contributed by atoms with Gasteiger partial charge in [0.25, 0.3) is 0 Å². The fourth-order valence-electron chi connectivity index (χ4n) is 3.50. The summed E-state index contributed by atoms with van der Waals surface area (Å²) >= 11 is 0. The average molecular weight is 563 g/mol. The number of likely N-dealkylation sites (tertiary alicyclic amines) is 1. The number of nitrogens with zero attached hydrogens (tertiary/aromatic N) is 4. The lowest BCUT2D eigenvalue weighted by atomic mass is 10.0. The fraction of sp³-hybridized carbons (Fsp3) is 0.476. The Labute approximate surface area is 203 Å². The van der Waals surface area contributed by atoms with E-state index in [2.05, 4.69) is 60.1 Å². The zero-order chi connectivity index (χ0) is 22.1. The van der Waals surface area contributed by atoms with Gasteiger partial charge in [0.05, 0.1) is 0 Å². The smallest absolute Gasteiger partial charge is 0.355 e. The highest BCUT2D eigenvalue weighted by Gasteiger charge is 2.32. The third kappa shape index (κ3) is 8.41. The molecule has 0 aliphatic carbocycles. The first-order chi connectivity index (χ1) is 14.9. The van der Waals surface area contributed by atoms with Gasteiger partial charge < -0.3 is 16.0 Å². The van der Waals surface area contributed by atoms with Gasteiger partial charge in [0.1, 0.15) is 5.69 Å². The Morgan fingerprint density at radius 1 is 1.19 bits per heavy atom. The minimum absolute atomic E-state index is 0. The summed E-state index contributed by atoms with van der Waals surface area (Å²) in [5.74, 6) is 0.613. The van der Waals surface area contributed by atoms with Crippen molar-refractivity contribution in [3.63, 3.8) is 0 Å². The summed E-state index contributed by atoms with van der Waals surface area (Å²) in [6.07, 6.45) is -1.23. The Morgan fingerprint density at radius 2 is 1.97 bits per heavy atom. The third-order valence-electron chi connectivity index (χ3n) is 4.97. The highest BCUT2D eigenvalue weighted by molar-refractivity contribution is 14.0. The molecular weight excluding hydrogens is 534 g/mol. The van der Waals surface area contributed by atoms with Gasteiger partial charge in [-0.2, -0.15) is 13.2 Å². The van der Waals surface area contributed by atoms with Gasteiger partial charge in [-0.1, -0.05) is 30.3 Å². The number of anilines is 1. The molecule has 3 rings (SSSR count). The number of hydrogen-bond acceptors (Lipinski definition) is 5. The summed E-state index contributed by atoms with van der Waals surface area (Å²) in [7, 11) is 1.70. The molecule has 1 aliphatic heterocycles. The van der Waals surface area contributed by atoms with E-state index in [1.807, 2.05) is 6.07 Å². The zero-order valence-electron chi connectivity index (χ0n) is 17.9. The van der Waals surface area contributed by atoms with E-state index in [0.29, 0.717) is 19.0 Å². The lowest BCUT2D eigenvalue weighted by Gasteiger charge is -2.34. The van der Waals surface area contributed by atoms with Gasteiger partial charge in [-0.05, 0) is 31.0 Å². The predicted molar refractivity (Wildman–Crippen MR) is 130 cm³/mol. The summed E-state index contributed by atoms with van der Waals surface area (Å²) in [6.45, 7) is 3.73. The van der Waals surface area contributed by atoms with Gasteiger partial charge in [-0.15, -0.1) is 24.0 Å². The molecular formula is C21H29F3IN7. The average Bonchev–Trinajstić information content (AvgIpc) is 2.76. The van der Waals surface area contributed by atoms with Gasteiger partial charge in [-0.25, -0.2) is 9.97 Å². The number of alkyl halides is 3. The third-order valence-corrected chi connectivity index (χ3v) is 4.97. The van der Waals surface area contributed by atoms with E-state index in [0.717, 1.165) is 44.7 Å². The van der Waals surface area contributed by atoms with Crippen LogP contribution in [0.4, 0.5) is 19.1 Å². The van der Waals surface area contributed by atoms with Gasteiger partial charge >= 0.3 is 6.18 Å². The summed E-state index contributed by atoms with van der Waals surface area (Å²) in [4.78, 5) is 14.0. The van der Waals surface area contributed by atoms with Crippen molar-refractivity contribution in [3.8, 4) is 0 Å². The number of guanidine groups is 1. The molecule has 2 aromatic rings. The van der Waals surface area contributed by atoms with Crippen LogP contribution in [0.5, 0.6) is 0 Å². The van der Waals surface area contributed by atoms with Crippen molar-refractivity contribution in [2.45, 2.75) is 31.6 Å². The van der Waals surface area contributed by atoms with Crippen LogP contribution in [0.15, 0.2) is 47.6 Å². The number of aliphatic imine (C=N–C) groups is 1. The molecule has 0 amide bonds. The van der Waals surface area contributed by atoms with E-state index in [9.17, 15) is 13.2 Å². The number of nitrogens with one attached hydrogen (secondary N) is 3. The molecule has 0 radical (unpaired) electrons. The first-order valence-corrected chi connectivity index (χ1v) is 10.3. The fourth-order valence-corrected chi connectivity index (χ4v) is 3.50. The Balaban J connectivity index is 0.00000363. The second-order valence-corrected chi connectivity index (χ2v) is 7.39. The maximum absolute atomic E-state index is 12.7. The van der Waals surface area contributed by atoms with Gasteiger partial charge in [0.15, 0.2) is 5.96 Å². The molecule has 176 valence electrons. The van der Waals surface area contributed by atoms with E-state index in [-0.39, 0.29) is 36.0 Å². The quantitative estimate of drug-likeness (QED) is 0.208.